The van der Waals surface area contributed by atoms with Crippen LogP contribution in [0.3, 0.4) is 0 Å². The molecule has 2 aromatic heterocycles. The average molecular weight is 268 g/mol. The third-order valence-corrected chi connectivity index (χ3v) is 3.55. The first kappa shape index (κ1) is 12.9. The molecule has 0 atom stereocenters. The Labute approximate surface area is 117 Å². The summed E-state index contributed by atoms with van der Waals surface area (Å²) in [5.41, 5.74) is 4.76. The van der Waals surface area contributed by atoms with Gasteiger partial charge in [-0.3, -0.25) is 0 Å². The maximum atomic E-state index is 14.0. The summed E-state index contributed by atoms with van der Waals surface area (Å²) >= 11 is 0. The van der Waals surface area contributed by atoms with Gasteiger partial charge in [-0.1, -0.05) is 25.1 Å². The van der Waals surface area contributed by atoms with Gasteiger partial charge >= 0.3 is 0 Å². The lowest BCUT2D eigenvalue weighted by atomic mass is 10.0. The smallest absolute Gasteiger partial charge is 0.136 e. The van der Waals surface area contributed by atoms with Crippen LogP contribution in [-0.4, -0.2) is 9.38 Å². The van der Waals surface area contributed by atoms with Crippen molar-refractivity contribution in [3.8, 4) is 0 Å². The average Bonchev–Trinajstić information content (AvgIpc) is 2.80. The molecule has 0 bridgehead atoms. The molecule has 0 spiro atoms. The number of rotatable bonds is 3. The van der Waals surface area contributed by atoms with Gasteiger partial charge in [0.25, 0.3) is 0 Å². The van der Waals surface area contributed by atoms with E-state index >= 15 is 0 Å². The Morgan fingerprint density at radius 2 is 1.90 bits per heavy atom. The Balaban J connectivity index is 1.92. The number of halogens is 1. The first-order chi connectivity index (χ1) is 9.65. The number of hydrogen-bond donors (Lipinski definition) is 0. The summed E-state index contributed by atoms with van der Waals surface area (Å²) in [5, 5.41) is 0. The van der Waals surface area contributed by atoms with Crippen molar-refractivity contribution in [3.63, 3.8) is 0 Å². The first-order valence-electron chi connectivity index (χ1n) is 6.87. The molecule has 0 saturated carbocycles. The number of nitrogens with zero attached hydrogens (tertiary/aromatic N) is 2. The van der Waals surface area contributed by atoms with E-state index in [-0.39, 0.29) is 5.82 Å². The van der Waals surface area contributed by atoms with Gasteiger partial charge in [0.1, 0.15) is 11.5 Å². The predicted molar refractivity (Wildman–Crippen MR) is 78.5 cm³/mol. The van der Waals surface area contributed by atoms with Crippen LogP contribution in [0.2, 0.25) is 0 Å². The molecule has 0 unspecified atom stereocenters. The number of imidazole rings is 1. The summed E-state index contributed by atoms with van der Waals surface area (Å²) in [7, 11) is 0. The van der Waals surface area contributed by atoms with E-state index in [9.17, 15) is 4.39 Å². The molecule has 0 N–H and O–H groups in total. The molecular weight excluding hydrogens is 251 g/mol. The molecule has 0 aliphatic carbocycles. The van der Waals surface area contributed by atoms with Gasteiger partial charge in [-0.05, 0) is 42.2 Å². The molecule has 2 heterocycles. The van der Waals surface area contributed by atoms with Gasteiger partial charge in [-0.25, -0.2) is 9.37 Å². The lowest BCUT2D eigenvalue weighted by Gasteiger charge is -2.06. The van der Waals surface area contributed by atoms with E-state index in [0.29, 0.717) is 6.42 Å². The van der Waals surface area contributed by atoms with Crippen LogP contribution in [0.1, 0.15) is 29.3 Å². The lowest BCUT2D eigenvalue weighted by Crippen LogP contribution is -1.96. The van der Waals surface area contributed by atoms with Gasteiger partial charge in [0.05, 0.1) is 5.69 Å². The number of aryl methyl sites for hydroxylation is 2. The fourth-order valence-corrected chi connectivity index (χ4v) is 2.44. The van der Waals surface area contributed by atoms with E-state index < -0.39 is 0 Å². The topological polar surface area (TPSA) is 17.3 Å². The first-order valence-corrected chi connectivity index (χ1v) is 6.87. The van der Waals surface area contributed by atoms with E-state index in [1.807, 2.05) is 54.9 Å². The van der Waals surface area contributed by atoms with Gasteiger partial charge in [0, 0.05) is 18.8 Å². The molecule has 3 heteroatoms. The number of aromatic nitrogens is 2. The van der Waals surface area contributed by atoms with E-state index in [0.717, 1.165) is 34.5 Å². The van der Waals surface area contributed by atoms with Crippen molar-refractivity contribution in [2.45, 2.75) is 26.7 Å². The lowest BCUT2D eigenvalue weighted by molar-refractivity contribution is 0.611. The second-order valence-corrected chi connectivity index (χ2v) is 5.14. The van der Waals surface area contributed by atoms with Crippen molar-refractivity contribution < 1.29 is 4.39 Å². The summed E-state index contributed by atoms with van der Waals surface area (Å²) in [6, 6.07) is 9.50. The standard InChI is InChI=1S/C17H17FN2/c1-3-13-4-6-15(16(18)9-13)8-14-5-7-17-19-12(2)10-20(17)11-14/h4-7,9-11H,3,8H2,1-2H3. The maximum Gasteiger partial charge on any atom is 0.136 e. The molecule has 0 radical (unpaired) electrons. The van der Waals surface area contributed by atoms with E-state index in [1.54, 1.807) is 6.07 Å². The normalized spacial score (nSPS) is 11.2. The van der Waals surface area contributed by atoms with E-state index in [1.165, 1.54) is 0 Å². The van der Waals surface area contributed by atoms with Gasteiger partial charge < -0.3 is 4.40 Å². The molecule has 0 saturated heterocycles. The van der Waals surface area contributed by atoms with Crippen LogP contribution in [0, 0.1) is 12.7 Å². The highest BCUT2D eigenvalue weighted by atomic mass is 19.1. The van der Waals surface area contributed by atoms with Crippen LogP contribution in [0.5, 0.6) is 0 Å². The largest absolute Gasteiger partial charge is 0.307 e. The number of hydrogen-bond acceptors (Lipinski definition) is 1. The van der Waals surface area contributed by atoms with Crippen LogP contribution >= 0.6 is 0 Å². The fourth-order valence-electron chi connectivity index (χ4n) is 2.44. The summed E-state index contributed by atoms with van der Waals surface area (Å²) in [4.78, 5) is 4.39. The van der Waals surface area contributed by atoms with Crippen molar-refractivity contribution in [2.75, 3.05) is 0 Å². The molecule has 0 amide bonds. The number of fused-ring (bicyclic) bond motifs is 1. The molecule has 102 valence electrons. The minimum absolute atomic E-state index is 0.119. The Morgan fingerprint density at radius 1 is 1.10 bits per heavy atom. The minimum Gasteiger partial charge on any atom is -0.307 e. The molecule has 1 aromatic carbocycles. The predicted octanol–water partition coefficient (Wildman–Crippen LogP) is 3.94. The highest BCUT2D eigenvalue weighted by Crippen LogP contribution is 2.16. The van der Waals surface area contributed by atoms with Crippen molar-refractivity contribution >= 4 is 5.65 Å². The van der Waals surface area contributed by atoms with Gasteiger partial charge in [-0.2, -0.15) is 0 Å². The summed E-state index contributed by atoms with van der Waals surface area (Å²) in [5.74, 6) is -0.119. The molecule has 3 rings (SSSR count). The minimum atomic E-state index is -0.119. The molecule has 2 nitrogen and oxygen atoms in total. The Bertz CT molecular complexity index is 759. The molecule has 0 aliphatic heterocycles. The second kappa shape index (κ2) is 5.08. The van der Waals surface area contributed by atoms with E-state index in [2.05, 4.69) is 4.98 Å². The zero-order chi connectivity index (χ0) is 14.1. The van der Waals surface area contributed by atoms with E-state index in [4.69, 9.17) is 0 Å². The summed E-state index contributed by atoms with van der Waals surface area (Å²) < 4.78 is 16.0. The number of pyridine rings is 1. The maximum absolute atomic E-state index is 14.0. The van der Waals surface area contributed by atoms with Crippen LogP contribution < -0.4 is 0 Å². The van der Waals surface area contributed by atoms with Crippen molar-refractivity contribution in [3.05, 3.63) is 70.9 Å². The zero-order valence-electron chi connectivity index (χ0n) is 11.7. The molecule has 3 aromatic rings. The van der Waals surface area contributed by atoms with Crippen molar-refractivity contribution in [1.82, 2.24) is 9.38 Å². The monoisotopic (exact) mass is 268 g/mol. The summed E-state index contributed by atoms with van der Waals surface area (Å²) in [6.45, 7) is 4.00. The van der Waals surface area contributed by atoms with Crippen LogP contribution in [0.15, 0.2) is 42.7 Å². The van der Waals surface area contributed by atoms with Gasteiger partial charge in [-0.15, -0.1) is 0 Å². The third kappa shape index (κ3) is 2.44. The van der Waals surface area contributed by atoms with Crippen LogP contribution in [0.4, 0.5) is 4.39 Å². The van der Waals surface area contributed by atoms with Crippen LogP contribution in [0.25, 0.3) is 5.65 Å². The third-order valence-electron chi connectivity index (χ3n) is 3.55. The van der Waals surface area contributed by atoms with Gasteiger partial charge in [0.2, 0.25) is 0 Å². The molecule has 0 fully saturated rings. The van der Waals surface area contributed by atoms with Gasteiger partial charge in [0.15, 0.2) is 0 Å². The summed E-state index contributed by atoms with van der Waals surface area (Å²) in [6.07, 6.45) is 5.46. The molecule has 20 heavy (non-hydrogen) atoms. The second-order valence-electron chi connectivity index (χ2n) is 5.14. The van der Waals surface area contributed by atoms with Crippen molar-refractivity contribution in [1.29, 1.82) is 0 Å². The van der Waals surface area contributed by atoms with Crippen molar-refractivity contribution in [2.24, 2.45) is 0 Å². The SMILES string of the molecule is CCc1ccc(Cc2ccc3nc(C)cn3c2)c(F)c1. The molecular formula is C17H17FN2. The number of benzene rings is 1. The zero-order valence-corrected chi connectivity index (χ0v) is 11.7. The Morgan fingerprint density at radius 3 is 2.65 bits per heavy atom. The highest BCUT2D eigenvalue weighted by molar-refractivity contribution is 5.42. The quantitative estimate of drug-likeness (QED) is 0.703. The highest BCUT2D eigenvalue weighted by Gasteiger charge is 2.06. The van der Waals surface area contributed by atoms with Crippen LogP contribution in [-0.2, 0) is 12.8 Å². The fraction of sp³-hybridized carbons (Fsp3) is 0.235. The Hall–Kier alpha value is -2.16. The Kier molecular flexibility index (Phi) is 3.26. The molecule has 0 aliphatic rings.